The Morgan fingerprint density at radius 2 is 1.92 bits per heavy atom. The Balaban J connectivity index is 1.75. The molecular formula is C18H21ClN4O. The van der Waals surface area contributed by atoms with E-state index in [0.717, 1.165) is 24.0 Å². The highest BCUT2D eigenvalue weighted by Crippen LogP contribution is 2.28. The number of amides is 1. The van der Waals surface area contributed by atoms with E-state index in [1.54, 1.807) is 6.07 Å². The molecule has 0 bridgehead atoms. The standard InChI is InChI=1S/C18H21ClN4O/c1-11-7-12(2)17(14(19)8-11)23-18(24)15-9-16(21-10-20-15)22-13-5-3-4-6-13/h7-10,13H,3-6H2,1-2H3,(H,23,24)(H,20,21,22). The number of aromatic nitrogens is 2. The molecule has 2 N–H and O–H groups in total. The van der Waals surface area contributed by atoms with Crippen molar-refractivity contribution in [2.24, 2.45) is 0 Å². The van der Waals surface area contributed by atoms with E-state index in [0.29, 0.717) is 28.3 Å². The van der Waals surface area contributed by atoms with Gasteiger partial charge in [0.2, 0.25) is 0 Å². The summed E-state index contributed by atoms with van der Waals surface area (Å²) in [4.78, 5) is 20.8. The van der Waals surface area contributed by atoms with Crippen LogP contribution in [0.4, 0.5) is 11.5 Å². The molecule has 1 aromatic heterocycles. The molecule has 1 saturated carbocycles. The monoisotopic (exact) mass is 344 g/mol. The number of carbonyl (C=O) groups excluding carboxylic acids is 1. The van der Waals surface area contributed by atoms with Crippen LogP contribution in [0.3, 0.4) is 0 Å². The molecule has 2 aromatic rings. The normalized spacial score (nSPS) is 14.6. The fourth-order valence-corrected chi connectivity index (χ4v) is 3.46. The van der Waals surface area contributed by atoms with Crippen LogP contribution in [0, 0.1) is 13.8 Å². The third-order valence-electron chi connectivity index (χ3n) is 4.28. The maximum Gasteiger partial charge on any atom is 0.274 e. The number of hydrogen-bond acceptors (Lipinski definition) is 4. The number of nitrogens with one attached hydrogen (secondary N) is 2. The van der Waals surface area contributed by atoms with Gasteiger partial charge in [0.15, 0.2) is 0 Å². The molecule has 1 aliphatic carbocycles. The molecule has 1 fully saturated rings. The van der Waals surface area contributed by atoms with Gasteiger partial charge in [-0.25, -0.2) is 9.97 Å². The molecule has 3 rings (SSSR count). The molecule has 0 saturated heterocycles. The number of hydrogen-bond donors (Lipinski definition) is 2. The number of carbonyl (C=O) groups is 1. The number of halogens is 1. The third kappa shape index (κ3) is 3.85. The van der Waals surface area contributed by atoms with Crippen LogP contribution in [0.15, 0.2) is 24.5 Å². The van der Waals surface area contributed by atoms with Crippen molar-refractivity contribution in [3.05, 3.63) is 46.4 Å². The first-order valence-electron chi connectivity index (χ1n) is 8.19. The first-order chi connectivity index (χ1) is 11.5. The Kier molecular flexibility index (Phi) is 5.00. The summed E-state index contributed by atoms with van der Waals surface area (Å²) in [5, 5.41) is 6.75. The van der Waals surface area contributed by atoms with E-state index in [4.69, 9.17) is 11.6 Å². The molecule has 0 atom stereocenters. The SMILES string of the molecule is Cc1cc(C)c(NC(=O)c2cc(NC3CCCC3)ncn2)c(Cl)c1. The number of rotatable bonds is 4. The van der Waals surface area contributed by atoms with Crippen molar-refractivity contribution < 1.29 is 4.79 Å². The van der Waals surface area contributed by atoms with Crippen LogP contribution in [0.5, 0.6) is 0 Å². The minimum atomic E-state index is -0.291. The molecule has 6 heteroatoms. The first-order valence-corrected chi connectivity index (χ1v) is 8.57. The third-order valence-corrected chi connectivity index (χ3v) is 4.58. The lowest BCUT2D eigenvalue weighted by Gasteiger charge is -2.14. The molecule has 1 aromatic carbocycles. The Morgan fingerprint density at radius 1 is 1.17 bits per heavy atom. The van der Waals surface area contributed by atoms with Gasteiger partial charge in [-0.2, -0.15) is 0 Å². The second-order valence-corrected chi connectivity index (χ2v) is 6.71. The highest BCUT2D eigenvalue weighted by atomic mass is 35.5. The molecule has 5 nitrogen and oxygen atoms in total. The molecule has 1 amide bonds. The Bertz CT molecular complexity index is 733. The number of benzene rings is 1. The smallest absolute Gasteiger partial charge is 0.274 e. The maximum absolute atomic E-state index is 12.5. The van der Waals surface area contributed by atoms with E-state index < -0.39 is 0 Å². The summed E-state index contributed by atoms with van der Waals surface area (Å²) < 4.78 is 0. The van der Waals surface area contributed by atoms with Crippen LogP contribution in [-0.4, -0.2) is 21.9 Å². The summed E-state index contributed by atoms with van der Waals surface area (Å²) in [6.45, 7) is 3.89. The molecule has 0 aliphatic heterocycles. The minimum Gasteiger partial charge on any atom is -0.367 e. The van der Waals surface area contributed by atoms with E-state index in [9.17, 15) is 4.79 Å². The maximum atomic E-state index is 12.5. The zero-order valence-electron chi connectivity index (χ0n) is 13.9. The highest BCUT2D eigenvalue weighted by molar-refractivity contribution is 6.34. The largest absolute Gasteiger partial charge is 0.367 e. The average molecular weight is 345 g/mol. The lowest BCUT2D eigenvalue weighted by atomic mass is 10.1. The van der Waals surface area contributed by atoms with Gasteiger partial charge in [-0.3, -0.25) is 4.79 Å². The molecule has 0 radical (unpaired) electrons. The highest BCUT2D eigenvalue weighted by Gasteiger charge is 2.17. The molecular weight excluding hydrogens is 324 g/mol. The summed E-state index contributed by atoms with van der Waals surface area (Å²) in [5.74, 6) is 0.398. The van der Waals surface area contributed by atoms with Gasteiger partial charge >= 0.3 is 0 Å². The minimum absolute atomic E-state index is 0.291. The van der Waals surface area contributed by atoms with Crippen LogP contribution >= 0.6 is 11.6 Å². The van der Waals surface area contributed by atoms with Crippen LogP contribution in [0.2, 0.25) is 5.02 Å². The molecule has 126 valence electrons. The van der Waals surface area contributed by atoms with Crippen molar-refractivity contribution in [3.63, 3.8) is 0 Å². The zero-order valence-corrected chi connectivity index (χ0v) is 14.7. The Labute approximate surface area is 146 Å². The average Bonchev–Trinajstić information content (AvgIpc) is 3.04. The van der Waals surface area contributed by atoms with E-state index in [1.807, 2.05) is 26.0 Å². The predicted octanol–water partition coefficient (Wildman–Crippen LogP) is 4.35. The van der Waals surface area contributed by atoms with Gasteiger partial charge < -0.3 is 10.6 Å². The Morgan fingerprint density at radius 3 is 2.62 bits per heavy atom. The van der Waals surface area contributed by atoms with Gasteiger partial charge in [-0.1, -0.05) is 30.5 Å². The van der Waals surface area contributed by atoms with Crippen LogP contribution in [0.25, 0.3) is 0 Å². The molecule has 1 heterocycles. The van der Waals surface area contributed by atoms with Gasteiger partial charge in [0.05, 0.1) is 10.7 Å². The van der Waals surface area contributed by atoms with E-state index >= 15 is 0 Å². The van der Waals surface area contributed by atoms with Crippen molar-refractivity contribution >= 4 is 29.0 Å². The van der Waals surface area contributed by atoms with Crippen molar-refractivity contribution in [3.8, 4) is 0 Å². The van der Waals surface area contributed by atoms with Gasteiger partial charge in [0, 0.05) is 12.1 Å². The van der Waals surface area contributed by atoms with Crippen LogP contribution in [-0.2, 0) is 0 Å². The topological polar surface area (TPSA) is 66.9 Å². The summed E-state index contributed by atoms with van der Waals surface area (Å²) >= 11 is 6.25. The lowest BCUT2D eigenvalue weighted by molar-refractivity contribution is 0.102. The number of aryl methyl sites for hydroxylation is 2. The van der Waals surface area contributed by atoms with Crippen molar-refractivity contribution in [1.29, 1.82) is 0 Å². The van der Waals surface area contributed by atoms with E-state index in [1.165, 1.54) is 19.2 Å². The molecule has 1 aliphatic rings. The molecule has 0 spiro atoms. The summed E-state index contributed by atoms with van der Waals surface area (Å²) in [7, 11) is 0. The lowest BCUT2D eigenvalue weighted by Crippen LogP contribution is -2.18. The van der Waals surface area contributed by atoms with Crippen molar-refractivity contribution in [2.45, 2.75) is 45.6 Å². The van der Waals surface area contributed by atoms with E-state index in [2.05, 4.69) is 20.6 Å². The van der Waals surface area contributed by atoms with Crippen molar-refractivity contribution in [1.82, 2.24) is 9.97 Å². The predicted molar refractivity (Wildman–Crippen MR) is 96.8 cm³/mol. The summed E-state index contributed by atoms with van der Waals surface area (Å²) in [6, 6.07) is 5.93. The fraction of sp³-hybridized carbons (Fsp3) is 0.389. The van der Waals surface area contributed by atoms with E-state index in [-0.39, 0.29) is 5.91 Å². The second kappa shape index (κ2) is 7.18. The quantitative estimate of drug-likeness (QED) is 0.865. The number of anilines is 2. The zero-order chi connectivity index (χ0) is 17.1. The van der Waals surface area contributed by atoms with Crippen molar-refractivity contribution in [2.75, 3.05) is 10.6 Å². The van der Waals surface area contributed by atoms with Gasteiger partial charge in [0.1, 0.15) is 17.8 Å². The first kappa shape index (κ1) is 16.7. The number of nitrogens with zero attached hydrogens (tertiary/aromatic N) is 2. The van der Waals surface area contributed by atoms with Gasteiger partial charge in [-0.05, 0) is 43.9 Å². The summed E-state index contributed by atoms with van der Waals surface area (Å²) in [6.07, 6.45) is 6.17. The summed E-state index contributed by atoms with van der Waals surface area (Å²) in [5.41, 5.74) is 2.92. The Hall–Kier alpha value is -2.14. The molecule has 0 unspecified atom stereocenters. The second-order valence-electron chi connectivity index (χ2n) is 6.31. The fourth-order valence-electron chi connectivity index (χ4n) is 3.09. The van der Waals surface area contributed by atoms with Crippen LogP contribution in [0.1, 0.15) is 47.3 Å². The van der Waals surface area contributed by atoms with Gasteiger partial charge in [-0.15, -0.1) is 0 Å². The van der Waals surface area contributed by atoms with Gasteiger partial charge in [0.25, 0.3) is 5.91 Å². The van der Waals surface area contributed by atoms with Crippen LogP contribution < -0.4 is 10.6 Å². The molecule has 24 heavy (non-hydrogen) atoms.